The molecule has 1 heterocycles. The molecule has 1 aromatic carbocycles. The number of hydrogen-bond donors (Lipinski definition) is 1. The van der Waals surface area contributed by atoms with Crippen molar-refractivity contribution < 1.29 is 0 Å². The Morgan fingerprint density at radius 1 is 1.35 bits per heavy atom. The van der Waals surface area contributed by atoms with E-state index in [4.69, 9.17) is 5.73 Å². The largest absolute Gasteiger partial charge is 0.320 e. The Bertz CT molecular complexity index is 502. The molecule has 0 aliphatic carbocycles. The average Bonchev–Trinajstić information content (AvgIpc) is 2.80. The Balaban J connectivity index is 2.33. The van der Waals surface area contributed by atoms with Gasteiger partial charge in [-0.25, -0.2) is 4.98 Å². The van der Waals surface area contributed by atoms with Crippen LogP contribution >= 0.6 is 33.9 Å². The Morgan fingerprint density at radius 2 is 2.00 bits per heavy atom. The molecule has 90 valence electrons. The van der Waals surface area contributed by atoms with Crippen LogP contribution in [0.4, 0.5) is 0 Å². The molecule has 17 heavy (non-hydrogen) atoms. The fraction of sp³-hybridized carbons (Fsp3) is 0.308. The first-order valence-corrected chi connectivity index (χ1v) is 7.49. The Hall–Kier alpha value is -0.460. The molecule has 0 saturated carbocycles. The van der Waals surface area contributed by atoms with E-state index in [-0.39, 0.29) is 5.54 Å². The van der Waals surface area contributed by atoms with Crippen LogP contribution in [0.2, 0.25) is 0 Å². The van der Waals surface area contributed by atoms with Gasteiger partial charge < -0.3 is 5.73 Å². The minimum absolute atomic E-state index is 0.313. The molecule has 0 fully saturated rings. The summed E-state index contributed by atoms with van der Waals surface area (Å²) in [4.78, 5) is 4.64. The first kappa shape index (κ1) is 13.0. The molecule has 1 unspecified atom stereocenters. The maximum absolute atomic E-state index is 6.20. The molecule has 1 atom stereocenters. The standard InChI is InChI=1S/C13H15IN2S/c1-3-13(2,15)12-16-11(8-17-12)9-4-6-10(14)7-5-9/h4-8H,3,15H2,1-2H3. The van der Waals surface area contributed by atoms with Gasteiger partial charge in [-0.15, -0.1) is 11.3 Å². The molecule has 2 rings (SSSR count). The lowest BCUT2D eigenvalue weighted by Gasteiger charge is -2.18. The Morgan fingerprint density at radius 3 is 2.59 bits per heavy atom. The topological polar surface area (TPSA) is 38.9 Å². The van der Waals surface area contributed by atoms with Gasteiger partial charge in [0.25, 0.3) is 0 Å². The van der Waals surface area contributed by atoms with Gasteiger partial charge in [-0.1, -0.05) is 19.1 Å². The van der Waals surface area contributed by atoms with Gasteiger partial charge in [-0.2, -0.15) is 0 Å². The Labute approximate surface area is 119 Å². The predicted molar refractivity (Wildman–Crippen MR) is 82.1 cm³/mol. The zero-order valence-corrected chi connectivity index (χ0v) is 12.9. The number of thiazole rings is 1. The summed E-state index contributed by atoms with van der Waals surface area (Å²) >= 11 is 3.94. The van der Waals surface area contributed by atoms with Gasteiger partial charge in [0.2, 0.25) is 0 Å². The summed E-state index contributed by atoms with van der Waals surface area (Å²) in [7, 11) is 0. The SMILES string of the molecule is CCC(C)(N)c1nc(-c2ccc(I)cc2)cs1. The molecule has 0 radical (unpaired) electrons. The van der Waals surface area contributed by atoms with E-state index in [1.54, 1.807) is 11.3 Å². The first-order chi connectivity index (χ1) is 8.03. The van der Waals surface area contributed by atoms with Crippen molar-refractivity contribution in [2.45, 2.75) is 25.8 Å². The molecular weight excluding hydrogens is 343 g/mol. The van der Waals surface area contributed by atoms with E-state index in [9.17, 15) is 0 Å². The third-order valence-electron chi connectivity index (χ3n) is 2.87. The van der Waals surface area contributed by atoms with Crippen molar-refractivity contribution in [2.75, 3.05) is 0 Å². The van der Waals surface area contributed by atoms with Gasteiger partial charge in [-0.3, -0.25) is 0 Å². The van der Waals surface area contributed by atoms with E-state index >= 15 is 0 Å². The summed E-state index contributed by atoms with van der Waals surface area (Å²) in [5.74, 6) is 0. The zero-order valence-electron chi connectivity index (χ0n) is 9.90. The van der Waals surface area contributed by atoms with Gasteiger partial charge in [0, 0.05) is 14.5 Å². The van der Waals surface area contributed by atoms with Crippen molar-refractivity contribution >= 4 is 33.9 Å². The number of benzene rings is 1. The van der Waals surface area contributed by atoms with E-state index in [1.807, 2.05) is 6.92 Å². The average molecular weight is 358 g/mol. The fourth-order valence-electron chi connectivity index (χ4n) is 1.44. The summed E-state index contributed by atoms with van der Waals surface area (Å²) in [5, 5.41) is 3.09. The van der Waals surface area contributed by atoms with Gasteiger partial charge >= 0.3 is 0 Å². The highest BCUT2D eigenvalue weighted by atomic mass is 127. The molecule has 2 nitrogen and oxygen atoms in total. The van der Waals surface area contributed by atoms with Crippen molar-refractivity contribution in [1.82, 2.24) is 4.98 Å². The molecule has 0 bridgehead atoms. The Kier molecular flexibility index (Phi) is 3.85. The fourth-order valence-corrected chi connectivity index (χ4v) is 2.78. The highest BCUT2D eigenvalue weighted by Gasteiger charge is 2.22. The van der Waals surface area contributed by atoms with Gasteiger partial charge in [0.05, 0.1) is 11.2 Å². The predicted octanol–water partition coefficient (Wildman–Crippen LogP) is 4.00. The van der Waals surface area contributed by atoms with Gasteiger partial charge in [-0.05, 0) is 48.1 Å². The second kappa shape index (κ2) is 5.04. The molecule has 2 N–H and O–H groups in total. The molecular formula is C13H15IN2S. The molecule has 1 aromatic heterocycles. The molecule has 4 heteroatoms. The van der Waals surface area contributed by atoms with E-state index in [1.165, 1.54) is 3.57 Å². The molecule has 0 saturated heterocycles. The maximum Gasteiger partial charge on any atom is 0.113 e. The van der Waals surface area contributed by atoms with Gasteiger partial charge in [0.1, 0.15) is 5.01 Å². The van der Waals surface area contributed by atoms with Crippen LogP contribution in [0.1, 0.15) is 25.3 Å². The third kappa shape index (κ3) is 2.86. The molecule has 0 spiro atoms. The summed E-state index contributed by atoms with van der Waals surface area (Å²) in [5.41, 5.74) is 8.06. The number of nitrogens with zero attached hydrogens (tertiary/aromatic N) is 1. The number of hydrogen-bond acceptors (Lipinski definition) is 3. The highest BCUT2D eigenvalue weighted by Crippen LogP contribution is 2.29. The smallest absolute Gasteiger partial charge is 0.113 e. The summed E-state index contributed by atoms with van der Waals surface area (Å²) < 4.78 is 1.24. The van der Waals surface area contributed by atoms with Crippen molar-refractivity contribution in [3.05, 3.63) is 38.2 Å². The lowest BCUT2D eigenvalue weighted by molar-refractivity contribution is 0.474. The van der Waals surface area contributed by atoms with Crippen molar-refractivity contribution in [3.8, 4) is 11.3 Å². The van der Waals surface area contributed by atoms with Crippen molar-refractivity contribution in [3.63, 3.8) is 0 Å². The number of halogens is 1. The van der Waals surface area contributed by atoms with Crippen LogP contribution in [-0.4, -0.2) is 4.98 Å². The zero-order chi connectivity index (χ0) is 12.5. The van der Waals surface area contributed by atoms with Crippen molar-refractivity contribution in [1.29, 1.82) is 0 Å². The summed E-state index contributed by atoms with van der Waals surface area (Å²) in [6.07, 6.45) is 0.895. The highest BCUT2D eigenvalue weighted by molar-refractivity contribution is 14.1. The lowest BCUT2D eigenvalue weighted by Crippen LogP contribution is -2.31. The van der Waals surface area contributed by atoms with Crippen LogP contribution in [0.15, 0.2) is 29.6 Å². The number of rotatable bonds is 3. The quantitative estimate of drug-likeness (QED) is 0.843. The minimum Gasteiger partial charge on any atom is -0.320 e. The minimum atomic E-state index is -0.313. The van der Waals surface area contributed by atoms with Crippen molar-refractivity contribution in [2.24, 2.45) is 5.73 Å². The number of aromatic nitrogens is 1. The van der Waals surface area contributed by atoms with E-state index in [0.29, 0.717) is 0 Å². The molecule has 2 aromatic rings. The summed E-state index contributed by atoms with van der Waals surface area (Å²) in [6, 6.07) is 8.38. The van der Waals surface area contributed by atoms with Crippen LogP contribution < -0.4 is 5.73 Å². The maximum atomic E-state index is 6.20. The molecule has 0 amide bonds. The lowest BCUT2D eigenvalue weighted by atomic mass is 10.0. The van der Waals surface area contributed by atoms with Gasteiger partial charge in [0.15, 0.2) is 0 Å². The summed E-state index contributed by atoms with van der Waals surface area (Å²) in [6.45, 7) is 4.12. The molecule has 0 aliphatic heterocycles. The van der Waals surface area contributed by atoms with Crippen LogP contribution in [0.3, 0.4) is 0 Å². The van der Waals surface area contributed by atoms with E-state index in [0.717, 1.165) is 22.7 Å². The van der Waals surface area contributed by atoms with Crippen LogP contribution in [0.5, 0.6) is 0 Å². The monoisotopic (exact) mass is 358 g/mol. The normalized spacial score (nSPS) is 14.6. The third-order valence-corrected chi connectivity index (χ3v) is 4.71. The van der Waals surface area contributed by atoms with E-state index in [2.05, 4.69) is 64.1 Å². The number of nitrogens with two attached hydrogens (primary N) is 1. The molecule has 0 aliphatic rings. The second-order valence-corrected chi connectivity index (χ2v) is 6.42. The second-order valence-electron chi connectivity index (χ2n) is 4.32. The van der Waals surface area contributed by atoms with Crippen LogP contribution in [0.25, 0.3) is 11.3 Å². The van der Waals surface area contributed by atoms with Crippen LogP contribution in [-0.2, 0) is 5.54 Å². The van der Waals surface area contributed by atoms with E-state index < -0.39 is 0 Å². The first-order valence-electron chi connectivity index (χ1n) is 5.54. The van der Waals surface area contributed by atoms with Crippen LogP contribution in [0, 0.1) is 3.57 Å².